The first-order valence-corrected chi connectivity index (χ1v) is 7.04. The molecule has 0 radical (unpaired) electrons. The molecular weight excluding hydrogens is 257 g/mol. The molecule has 0 bridgehead atoms. The molecule has 1 atom stereocenters. The van der Waals surface area contributed by atoms with Gasteiger partial charge in [-0.1, -0.05) is 13.8 Å². The normalized spacial score (nSPS) is 13.8. The summed E-state index contributed by atoms with van der Waals surface area (Å²) in [5.74, 6) is -0.371. The van der Waals surface area contributed by atoms with Gasteiger partial charge in [0.05, 0.1) is 17.8 Å². The van der Waals surface area contributed by atoms with Crippen LogP contribution in [0, 0.1) is 5.82 Å². The van der Waals surface area contributed by atoms with E-state index in [-0.39, 0.29) is 11.4 Å². The van der Waals surface area contributed by atoms with Crippen LogP contribution in [0.15, 0.2) is 18.3 Å². The zero-order valence-corrected chi connectivity index (χ0v) is 12.2. The number of aromatic nitrogens is 2. The molecule has 0 spiro atoms. The molecular formula is C15H22FN3O. The highest BCUT2D eigenvalue weighted by molar-refractivity contribution is 5.82. The fourth-order valence-corrected chi connectivity index (χ4v) is 2.27. The summed E-state index contributed by atoms with van der Waals surface area (Å²) >= 11 is 0. The van der Waals surface area contributed by atoms with Gasteiger partial charge in [-0.15, -0.1) is 0 Å². The Labute approximate surface area is 118 Å². The lowest BCUT2D eigenvalue weighted by Crippen LogP contribution is -2.43. The van der Waals surface area contributed by atoms with E-state index >= 15 is 0 Å². The van der Waals surface area contributed by atoms with Crippen LogP contribution in [0.25, 0.3) is 10.9 Å². The van der Waals surface area contributed by atoms with Crippen molar-refractivity contribution in [3.63, 3.8) is 0 Å². The van der Waals surface area contributed by atoms with Gasteiger partial charge in [0.2, 0.25) is 0 Å². The zero-order valence-electron chi connectivity index (χ0n) is 12.2. The molecule has 0 unspecified atom stereocenters. The average Bonchev–Trinajstić information content (AvgIpc) is 2.91. The van der Waals surface area contributed by atoms with E-state index in [1.54, 1.807) is 6.20 Å². The number of benzene rings is 1. The monoisotopic (exact) mass is 279 g/mol. The van der Waals surface area contributed by atoms with Gasteiger partial charge in [0.15, 0.2) is 0 Å². The third kappa shape index (κ3) is 2.99. The molecule has 0 aliphatic carbocycles. The highest BCUT2D eigenvalue weighted by Gasteiger charge is 2.21. The molecule has 110 valence electrons. The third-order valence-corrected chi connectivity index (χ3v) is 4.20. The lowest BCUT2D eigenvalue weighted by molar-refractivity contribution is 0.157. The van der Waals surface area contributed by atoms with Crippen LogP contribution in [0.3, 0.4) is 0 Å². The number of halogens is 1. The highest BCUT2D eigenvalue weighted by atomic mass is 19.1. The van der Waals surface area contributed by atoms with E-state index in [0.29, 0.717) is 17.6 Å². The molecule has 3 N–H and O–H groups in total. The lowest BCUT2D eigenvalue weighted by atomic mass is 9.94. The molecule has 0 amide bonds. The Morgan fingerprint density at radius 2 is 2.10 bits per heavy atom. The van der Waals surface area contributed by atoms with Crippen molar-refractivity contribution in [2.45, 2.75) is 45.3 Å². The fraction of sp³-hybridized carbons (Fsp3) is 0.533. The van der Waals surface area contributed by atoms with Gasteiger partial charge in [-0.3, -0.25) is 5.10 Å². The van der Waals surface area contributed by atoms with Crippen molar-refractivity contribution in [2.24, 2.45) is 0 Å². The molecule has 20 heavy (non-hydrogen) atoms. The van der Waals surface area contributed by atoms with Gasteiger partial charge >= 0.3 is 0 Å². The number of hydrogen-bond donors (Lipinski definition) is 3. The van der Waals surface area contributed by atoms with Gasteiger partial charge in [-0.2, -0.15) is 5.10 Å². The Bertz CT molecular complexity index is 578. The number of fused-ring (bicyclic) bond motifs is 1. The molecule has 4 nitrogen and oxygen atoms in total. The minimum Gasteiger partial charge on any atom is -0.387 e. The van der Waals surface area contributed by atoms with E-state index in [0.717, 1.165) is 18.2 Å². The standard InChI is InChI=1S/C15H22FN3O/c1-4-15(3,5-2)17-9-14(20)11-6-10(16)7-13-12(11)8-18-19-13/h6-8,14,17,20H,4-5,9H2,1-3H3,(H,18,19)/t14-/m0/s1. The maximum Gasteiger partial charge on any atom is 0.125 e. The summed E-state index contributed by atoms with van der Waals surface area (Å²) in [5, 5.41) is 21.1. The number of nitrogens with one attached hydrogen (secondary N) is 2. The molecule has 5 heteroatoms. The summed E-state index contributed by atoms with van der Waals surface area (Å²) in [6.45, 7) is 6.74. The van der Waals surface area contributed by atoms with Crippen LogP contribution in [0.2, 0.25) is 0 Å². The van der Waals surface area contributed by atoms with Gasteiger partial charge in [0.25, 0.3) is 0 Å². The number of aromatic amines is 1. The van der Waals surface area contributed by atoms with Crippen LogP contribution in [0.5, 0.6) is 0 Å². The summed E-state index contributed by atoms with van der Waals surface area (Å²) in [4.78, 5) is 0. The molecule has 0 saturated heterocycles. The smallest absolute Gasteiger partial charge is 0.125 e. The predicted molar refractivity (Wildman–Crippen MR) is 78.0 cm³/mol. The topological polar surface area (TPSA) is 60.9 Å². The van der Waals surface area contributed by atoms with E-state index in [9.17, 15) is 9.50 Å². The Kier molecular flexibility index (Phi) is 4.40. The van der Waals surface area contributed by atoms with Crippen LogP contribution in [0.1, 0.15) is 45.3 Å². The number of aliphatic hydroxyl groups excluding tert-OH is 1. The van der Waals surface area contributed by atoms with Gasteiger partial charge in [-0.05, 0) is 37.5 Å². The summed E-state index contributed by atoms with van der Waals surface area (Å²) in [7, 11) is 0. The molecule has 2 rings (SSSR count). The Morgan fingerprint density at radius 1 is 1.40 bits per heavy atom. The molecule has 1 aromatic carbocycles. The van der Waals surface area contributed by atoms with Crippen molar-refractivity contribution < 1.29 is 9.50 Å². The number of nitrogens with zero attached hydrogens (tertiary/aromatic N) is 1. The number of rotatable bonds is 6. The highest BCUT2D eigenvalue weighted by Crippen LogP contribution is 2.25. The molecule has 2 aromatic rings. The summed E-state index contributed by atoms with van der Waals surface area (Å²) in [5.41, 5.74) is 1.16. The van der Waals surface area contributed by atoms with Crippen molar-refractivity contribution in [3.05, 3.63) is 29.7 Å². The van der Waals surface area contributed by atoms with Crippen LogP contribution in [-0.4, -0.2) is 27.4 Å². The Balaban J connectivity index is 2.19. The average molecular weight is 279 g/mol. The van der Waals surface area contributed by atoms with Gasteiger partial charge in [0.1, 0.15) is 5.82 Å². The van der Waals surface area contributed by atoms with E-state index in [1.807, 2.05) is 0 Å². The maximum atomic E-state index is 13.6. The SMILES string of the molecule is CCC(C)(CC)NC[C@H](O)c1cc(F)cc2[nH]ncc12. The Hall–Kier alpha value is -1.46. The first-order chi connectivity index (χ1) is 9.49. The summed E-state index contributed by atoms with van der Waals surface area (Å²) < 4.78 is 13.6. The van der Waals surface area contributed by atoms with Crippen LogP contribution in [0.4, 0.5) is 4.39 Å². The first-order valence-electron chi connectivity index (χ1n) is 7.04. The second-order valence-corrected chi connectivity index (χ2v) is 5.49. The van der Waals surface area contributed by atoms with E-state index in [4.69, 9.17) is 0 Å². The number of aliphatic hydroxyl groups is 1. The van der Waals surface area contributed by atoms with Crippen molar-refractivity contribution in [1.82, 2.24) is 15.5 Å². The van der Waals surface area contributed by atoms with Crippen LogP contribution >= 0.6 is 0 Å². The van der Waals surface area contributed by atoms with Gasteiger partial charge < -0.3 is 10.4 Å². The lowest BCUT2D eigenvalue weighted by Gasteiger charge is -2.29. The number of hydrogen-bond acceptors (Lipinski definition) is 3. The minimum absolute atomic E-state index is 0.0101. The summed E-state index contributed by atoms with van der Waals surface area (Å²) in [6.07, 6.45) is 2.80. The van der Waals surface area contributed by atoms with Crippen molar-refractivity contribution in [1.29, 1.82) is 0 Å². The van der Waals surface area contributed by atoms with Crippen LogP contribution in [-0.2, 0) is 0 Å². The molecule has 1 aromatic heterocycles. The molecule has 0 aliphatic heterocycles. The predicted octanol–water partition coefficient (Wildman–Crippen LogP) is 2.90. The second-order valence-electron chi connectivity index (χ2n) is 5.49. The van der Waals surface area contributed by atoms with Gasteiger partial charge in [-0.25, -0.2) is 4.39 Å². The number of H-pyrrole nitrogens is 1. The zero-order chi connectivity index (χ0) is 14.8. The quantitative estimate of drug-likeness (QED) is 0.762. The Morgan fingerprint density at radius 3 is 2.75 bits per heavy atom. The van der Waals surface area contributed by atoms with E-state index in [2.05, 4.69) is 36.3 Å². The maximum absolute atomic E-state index is 13.6. The third-order valence-electron chi connectivity index (χ3n) is 4.20. The fourth-order valence-electron chi connectivity index (χ4n) is 2.27. The van der Waals surface area contributed by atoms with Gasteiger partial charge in [0, 0.05) is 17.5 Å². The summed E-state index contributed by atoms with van der Waals surface area (Å²) in [6, 6.07) is 2.76. The van der Waals surface area contributed by atoms with Crippen molar-refractivity contribution >= 4 is 10.9 Å². The second kappa shape index (κ2) is 5.89. The van der Waals surface area contributed by atoms with E-state index < -0.39 is 6.10 Å². The van der Waals surface area contributed by atoms with E-state index in [1.165, 1.54) is 12.1 Å². The van der Waals surface area contributed by atoms with Crippen LogP contribution < -0.4 is 5.32 Å². The van der Waals surface area contributed by atoms with Crippen molar-refractivity contribution in [2.75, 3.05) is 6.54 Å². The molecule has 1 heterocycles. The molecule has 0 aliphatic rings. The largest absolute Gasteiger partial charge is 0.387 e. The number of β-amino-alcohol motifs (C(OH)–C–C–N with tert-alkyl or cyclic N) is 1. The van der Waals surface area contributed by atoms with Crippen molar-refractivity contribution in [3.8, 4) is 0 Å². The molecule has 0 fully saturated rings. The molecule has 0 saturated carbocycles. The minimum atomic E-state index is -0.761. The first kappa shape index (κ1) is 14.9.